The standard InChI is InChI=1S/C34H68N2O2/c1-3-5-7-9-10-11-12-13-14-15-16-20-28-36(30-26-33-24-23-27-35-32-33)29-21-18-19-25-34(37)38-31-22-17-8-6-4-2/h33,35H,3-32H2,1-2H3. The minimum absolute atomic E-state index is 0.0126. The van der Waals surface area contributed by atoms with E-state index in [1.807, 2.05) is 0 Å². The molecule has 1 fully saturated rings. The van der Waals surface area contributed by atoms with Crippen molar-refractivity contribution in [1.82, 2.24) is 10.2 Å². The van der Waals surface area contributed by atoms with Crippen LogP contribution in [0, 0.1) is 5.92 Å². The molecule has 1 atom stereocenters. The Morgan fingerprint density at radius 2 is 1.21 bits per heavy atom. The molecule has 1 aliphatic rings. The van der Waals surface area contributed by atoms with Crippen LogP contribution in [0.4, 0.5) is 0 Å². The maximum Gasteiger partial charge on any atom is 0.305 e. The first-order valence-corrected chi connectivity index (χ1v) is 17.3. The summed E-state index contributed by atoms with van der Waals surface area (Å²) >= 11 is 0. The van der Waals surface area contributed by atoms with E-state index in [2.05, 4.69) is 24.1 Å². The van der Waals surface area contributed by atoms with Gasteiger partial charge in [0.15, 0.2) is 0 Å². The van der Waals surface area contributed by atoms with Gasteiger partial charge in [0, 0.05) is 6.42 Å². The van der Waals surface area contributed by atoms with Gasteiger partial charge in [-0.05, 0) is 83.6 Å². The average Bonchev–Trinajstić information content (AvgIpc) is 2.94. The third-order valence-electron chi connectivity index (χ3n) is 8.45. The number of esters is 1. The van der Waals surface area contributed by atoms with Crippen LogP contribution in [0.2, 0.25) is 0 Å². The van der Waals surface area contributed by atoms with Crippen LogP contribution in [0.15, 0.2) is 0 Å². The number of nitrogens with one attached hydrogen (secondary N) is 1. The number of hydrogen-bond acceptors (Lipinski definition) is 4. The summed E-state index contributed by atoms with van der Waals surface area (Å²) in [6.07, 6.45) is 31.1. The highest BCUT2D eigenvalue weighted by Gasteiger charge is 2.14. The summed E-state index contributed by atoms with van der Waals surface area (Å²) in [5.74, 6) is 0.878. The fraction of sp³-hybridized carbons (Fsp3) is 0.971. The van der Waals surface area contributed by atoms with Crippen molar-refractivity contribution in [3.8, 4) is 0 Å². The molecule has 4 heteroatoms. The van der Waals surface area contributed by atoms with Gasteiger partial charge in [0.05, 0.1) is 6.61 Å². The van der Waals surface area contributed by atoms with Gasteiger partial charge < -0.3 is 15.0 Å². The van der Waals surface area contributed by atoms with Crippen LogP contribution >= 0.6 is 0 Å². The molecule has 1 rings (SSSR count). The summed E-state index contributed by atoms with van der Waals surface area (Å²) in [5, 5.41) is 3.59. The third kappa shape index (κ3) is 23.3. The maximum atomic E-state index is 12.0. The highest BCUT2D eigenvalue weighted by Crippen LogP contribution is 2.16. The summed E-state index contributed by atoms with van der Waals surface area (Å²) in [7, 11) is 0. The monoisotopic (exact) mass is 537 g/mol. The van der Waals surface area contributed by atoms with Gasteiger partial charge >= 0.3 is 5.97 Å². The molecule has 4 nitrogen and oxygen atoms in total. The minimum Gasteiger partial charge on any atom is -0.466 e. The van der Waals surface area contributed by atoms with E-state index >= 15 is 0 Å². The number of ether oxygens (including phenoxy) is 1. The summed E-state index contributed by atoms with van der Waals surface area (Å²) in [6, 6.07) is 0. The molecule has 0 aromatic carbocycles. The van der Waals surface area contributed by atoms with Gasteiger partial charge in [0.2, 0.25) is 0 Å². The Hall–Kier alpha value is -0.610. The van der Waals surface area contributed by atoms with Crippen molar-refractivity contribution in [1.29, 1.82) is 0 Å². The SMILES string of the molecule is CCCCCCCCCCCCCCN(CCCCCC(=O)OCCCCCCC)CCC1CCCNC1. The van der Waals surface area contributed by atoms with Crippen LogP contribution in [0.5, 0.6) is 0 Å². The fourth-order valence-electron chi connectivity index (χ4n) is 5.79. The zero-order valence-corrected chi connectivity index (χ0v) is 26.1. The Labute approximate surface area is 238 Å². The molecule has 0 saturated carbocycles. The van der Waals surface area contributed by atoms with E-state index in [-0.39, 0.29) is 5.97 Å². The van der Waals surface area contributed by atoms with Gasteiger partial charge in [0.1, 0.15) is 0 Å². The van der Waals surface area contributed by atoms with Crippen molar-refractivity contribution in [3.63, 3.8) is 0 Å². The van der Waals surface area contributed by atoms with E-state index in [0.717, 1.165) is 25.2 Å². The van der Waals surface area contributed by atoms with E-state index in [9.17, 15) is 4.79 Å². The number of rotatable bonds is 28. The molecule has 0 amide bonds. The van der Waals surface area contributed by atoms with Crippen molar-refractivity contribution in [2.24, 2.45) is 5.92 Å². The summed E-state index contributed by atoms with van der Waals surface area (Å²) in [5.41, 5.74) is 0. The number of hydrogen-bond donors (Lipinski definition) is 1. The molecule has 1 unspecified atom stereocenters. The van der Waals surface area contributed by atoms with Gasteiger partial charge in [-0.3, -0.25) is 4.79 Å². The maximum absolute atomic E-state index is 12.0. The number of carbonyl (C=O) groups excluding carboxylic acids is 1. The van der Waals surface area contributed by atoms with E-state index < -0.39 is 0 Å². The Morgan fingerprint density at radius 1 is 0.684 bits per heavy atom. The van der Waals surface area contributed by atoms with Crippen LogP contribution in [0.3, 0.4) is 0 Å². The molecule has 1 N–H and O–H groups in total. The van der Waals surface area contributed by atoms with E-state index in [4.69, 9.17) is 4.74 Å². The molecule has 0 spiro atoms. The lowest BCUT2D eigenvalue weighted by Crippen LogP contribution is -2.34. The first-order valence-electron chi connectivity index (χ1n) is 17.3. The van der Waals surface area contributed by atoms with E-state index in [1.54, 1.807) is 0 Å². The van der Waals surface area contributed by atoms with Crippen LogP contribution in [-0.4, -0.2) is 50.2 Å². The lowest BCUT2D eigenvalue weighted by Gasteiger charge is -2.27. The van der Waals surface area contributed by atoms with Crippen molar-refractivity contribution >= 4 is 5.97 Å². The zero-order valence-electron chi connectivity index (χ0n) is 26.1. The normalized spacial score (nSPS) is 15.8. The number of unbranched alkanes of at least 4 members (excludes halogenated alkanes) is 17. The van der Waals surface area contributed by atoms with Crippen LogP contribution in [0.1, 0.15) is 168 Å². The molecule has 38 heavy (non-hydrogen) atoms. The van der Waals surface area contributed by atoms with Gasteiger partial charge in [-0.15, -0.1) is 0 Å². The first kappa shape index (κ1) is 35.4. The molecule has 226 valence electrons. The quantitative estimate of drug-likeness (QED) is 0.0798. The minimum atomic E-state index is 0.0126. The summed E-state index contributed by atoms with van der Waals surface area (Å²) in [4.78, 5) is 14.7. The predicted octanol–water partition coefficient (Wildman–Crippen LogP) is 9.45. The van der Waals surface area contributed by atoms with Crippen LogP contribution in [-0.2, 0) is 9.53 Å². The average molecular weight is 537 g/mol. The predicted molar refractivity (Wildman–Crippen MR) is 166 cm³/mol. The van der Waals surface area contributed by atoms with Gasteiger partial charge in [-0.2, -0.15) is 0 Å². The fourth-order valence-corrected chi connectivity index (χ4v) is 5.79. The molecule has 1 heterocycles. The number of piperidine rings is 1. The molecule has 0 aromatic heterocycles. The third-order valence-corrected chi connectivity index (χ3v) is 8.45. The first-order chi connectivity index (χ1) is 18.8. The second kappa shape index (κ2) is 27.9. The molecule has 0 bridgehead atoms. The molecule has 0 aliphatic carbocycles. The van der Waals surface area contributed by atoms with Crippen LogP contribution in [0.25, 0.3) is 0 Å². The largest absolute Gasteiger partial charge is 0.466 e. The molecular formula is C34H68N2O2. The van der Waals surface area contributed by atoms with Crippen molar-refractivity contribution in [3.05, 3.63) is 0 Å². The molecule has 0 aromatic rings. The summed E-state index contributed by atoms with van der Waals surface area (Å²) in [6.45, 7) is 11.3. The Morgan fingerprint density at radius 3 is 1.76 bits per heavy atom. The highest BCUT2D eigenvalue weighted by molar-refractivity contribution is 5.69. The topological polar surface area (TPSA) is 41.6 Å². The smallest absolute Gasteiger partial charge is 0.305 e. The highest BCUT2D eigenvalue weighted by atomic mass is 16.5. The molecule has 1 aliphatic heterocycles. The second-order valence-electron chi connectivity index (χ2n) is 12.2. The van der Waals surface area contributed by atoms with Gasteiger partial charge in [-0.25, -0.2) is 0 Å². The van der Waals surface area contributed by atoms with Crippen LogP contribution < -0.4 is 5.32 Å². The van der Waals surface area contributed by atoms with Gasteiger partial charge in [-0.1, -0.05) is 117 Å². The van der Waals surface area contributed by atoms with E-state index in [0.29, 0.717) is 13.0 Å². The Bertz CT molecular complexity index is 493. The number of nitrogens with zero attached hydrogens (tertiary/aromatic N) is 1. The summed E-state index contributed by atoms with van der Waals surface area (Å²) < 4.78 is 5.43. The zero-order chi connectivity index (χ0) is 27.4. The number of carbonyl (C=O) groups is 1. The lowest BCUT2D eigenvalue weighted by atomic mass is 9.96. The van der Waals surface area contributed by atoms with Gasteiger partial charge in [0.25, 0.3) is 0 Å². The Balaban J connectivity index is 2.10. The van der Waals surface area contributed by atoms with Crippen molar-refractivity contribution < 1.29 is 9.53 Å². The second-order valence-corrected chi connectivity index (χ2v) is 12.2. The Kier molecular flexibility index (Phi) is 26.0. The molecule has 0 radical (unpaired) electrons. The molecule has 1 saturated heterocycles. The van der Waals surface area contributed by atoms with Crippen molar-refractivity contribution in [2.75, 3.05) is 39.3 Å². The van der Waals surface area contributed by atoms with E-state index in [1.165, 1.54) is 161 Å². The van der Waals surface area contributed by atoms with Crippen molar-refractivity contribution in [2.45, 2.75) is 168 Å². The molecular weight excluding hydrogens is 468 g/mol. The lowest BCUT2D eigenvalue weighted by molar-refractivity contribution is -0.143.